The van der Waals surface area contributed by atoms with Crippen molar-refractivity contribution in [3.63, 3.8) is 0 Å². The first-order chi connectivity index (χ1) is 7.65. The quantitative estimate of drug-likeness (QED) is 0.788. The van der Waals surface area contributed by atoms with Crippen LogP contribution in [-0.2, 0) is 0 Å². The molecule has 0 N–H and O–H groups in total. The first-order valence-corrected chi connectivity index (χ1v) is 5.08. The van der Waals surface area contributed by atoms with E-state index in [-0.39, 0.29) is 5.82 Å². The molecule has 2 rings (SSSR count). The summed E-state index contributed by atoms with van der Waals surface area (Å²) in [4.78, 5) is 4.05. The van der Waals surface area contributed by atoms with Crippen LogP contribution in [0.1, 0.15) is 5.56 Å². The fraction of sp³-hybridized carbons (Fsp3) is 0.0833. The molecule has 1 aromatic carbocycles. The third-order valence-corrected chi connectivity index (χ3v) is 2.23. The molecule has 0 bridgehead atoms. The minimum Gasteiger partial charge on any atom is -0.439 e. The molecule has 16 heavy (non-hydrogen) atoms. The molecule has 0 spiro atoms. The summed E-state index contributed by atoms with van der Waals surface area (Å²) in [5.41, 5.74) is 0.830. The van der Waals surface area contributed by atoms with E-state index in [1.807, 2.05) is 6.92 Å². The molecule has 0 saturated heterocycles. The maximum atomic E-state index is 12.7. The summed E-state index contributed by atoms with van der Waals surface area (Å²) in [6.07, 6.45) is 1.51. The van der Waals surface area contributed by atoms with Crippen molar-refractivity contribution in [2.45, 2.75) is 6.92 Å². The van der Waals surface area contributed by atoms with Crippen LogP contribution in [0.2, 0.25) is 5.02 Å². The van der Waals surface area contributed by atoms with E-state index < -0.39 is 0 Å². The third kappa shape index (κ3) is 2.49. The van der Waals surface area contributed by atoms with Crippen LogP contribution in [0.5, 0.6) is 11.6 Å². The Labute approximate surface area is 97.7 Å². The predicted octanol–water partition coefficient (Wildman–Crippen LogP) is 3.97. The van der Waals surface area contributed by atoms with Crippen LogP contribution in [0.25, 0.3) is 0 Å². The van der Waals surface area contributed by atoms with Crippen LogP contribution in [0.4, 0.5) is 4.39 Å². The van der Waals surface area contributed by atoms with Gasteiger partial charge < -0.3 is 4.74 Å². The van der Waals surface area contributed by atoms with Crippen molar-refractivity contribution < 1.29 is 9.13 Å². The summed E-state index contributed by atoms with van der Waals surface area (Å²) < 4.78 is 18.2. The third-order valence-electron chi connectivity index (χ3n) is 2.03. The average Bonchev–Trinajstić information content (AvgIpc) is 2.25. The van der Waals surface area contributed by atoms with Gasteiger partial charge in [0.25, 0.3) is 0 Å². The van der Waals surface area contributed by atoms with Gasteiger partial charge in [-0.25, -0.2) is 9.37 Å². The van der Waals surface area contributed by atoms with E-state index in [4.69, 9.17) is 16.3 Å². The first-order valence-electron chi connectivity index (χ1n) is 4.71. The second kappa shape index (κ2) is 4.49. The van der Waals surface area contributed by atoms with E-state index in [2.05, 4.69) is 4.98 Å². The van der Waals surface area contributed by atoms with Gasteiger partial charge in [-0.3, -0.25) is 0 Å². The Bertz CT molecular complexity index is 499. The molecule has 0 aliphatic carbocycles. The Kier molecular flexibility index (Phi) is 3.06. The second-order valence-electron chi connectivity index (χ2n) is 3.33. The van der Waals surface area contributed by atoms with Crippen molar-refractivity contribution in [3.8, 4) is 11.6 Å². The van der Waals surface area contributed by atoms with Crippen molar-refractivity contribution in [1.82, 2.24) is 4.98 Å². The number of benzene rings is 1. The Morgan fingerprint density at radius 2 is 1.94 bits per heavy atom. The second-order valence-corrected chi connectivity index (χ2v) is 3.77. The number of ether oxygens (including phenoxy) is 1. The molecule has 0 radical (unpaired) electrons. The van der Waals surface area contributed by atoms with Crippen LogP contribution in [0, 0.1) is 12.7 Å². The molecule has 0 unspecified atom stereocenters. The normalized spacial score (nSPS) is 10.2. The zero-order valence-electron chi connectivity index (χ0n) is 8.58. The van der Waals surface area contributed by atoms with Crippen molar-refractivity contribution in [2.75, 3.05) is 0 Å². The minimum absolute atomic E-state index is 0.298. The largest absolute Gasteiger partial charge is 0.439 e. The number of pyridine rings is 1. The van der Waals surface area contributed by atoms with E-state index in [1.165, 1.54) is 18.3 Å². The SMILES string of the molecule is Cc1cc(Cl)cnc1Oc1ccc(F)cc1. The van der Waals surface area contributed by atoms with Gasteiger partial charge >= 0.3 is 0 Å². The molecule has 2 aromatic rings. The Balaban J connectivity index is 2.23. The monoisotopic (exact) mass is 237 g/mol. The molecular weight excluding hydrogens is 229 g/mol. The lowest BCUT2D eigenvalue weighted by Gasteiger charge is -2.07. The van der Waals surface area contributed by atoms with E-state index in [1.54, 1.807) is 18.2 Å². The number of halogens is 2. The van der Waals surface area contributed by atoms with Gasteiger partial charge in [-0.15, -0.1) is 0 Å². The molecule has 0 saturated carbocycles. The van der Waals surface area contributed by atoms with Gasteiger partial charge in [0, 0.05) is 11.8 Å². The lowest BCUT2D eigenvalue weighted by Crippen LogP contribution is -1.91. The molecule has 1 heterocycles. The summed E-state index contributed by atoms with van der Waals surface area (Å²) in [6.45, 7) is 1.84. The topological polar surface area (TPSA) is 22.1 Å². The predicted molar refractivity (Wildman–Crippen MR) is 60.5 cm³/mol. The Morgan fingerprint density at radius 3 is 2.56 bits per heavy atom. The molecule has 1 aromatic heterocycles. The fourth-order valence-corrected chi connectivity index (χ4v) is 1.46. The molecule has 0 atom stereocenters. The van der Waals surface area contributed by atoms with Gasteiger partial charge in [-0.05, 0) is 37.3 Å². The first kappa shape index (κ1) is 10.9. The summed E-state index contributed by atoms with van der Waals surface area (Å²) in [6, 6.07) is 7.52. The standard InChI is InChI=1S/C12H9ClFNO/c1-8-6-9(13)7-15-12(8)16-11-4-2-10(14)3-5-11/h2-7H,1H3. The summed E-state index contributed by atoms with van der Waals surface area (Å²) in [5.74, 6) is 0.712. The number of hydrogen-bond acceptors (Lipinski definition) is 2. The summed E-state index contributed by atoms with van der Waals surface area (Å²) in [5, 5.41) is 0.559. The maximum Gasteiger partial charge on any atom is 0.222 e. The lowest BCUT2D eigenvalue weighted by molar-refractivity contribution is 0.457. The Hall–Kier alpha value is -1.61. The van der Waals surface area contributed by atoms with Gasteiger partial charge in [-0.1, -0.05) is 11.6 Å². The molecule has 82 valence electrons. The molecule has 0 amide bonds. The van der Waals surface area contributed by atoms with E-state index >= 15 is 0 Å². The highest BCUT2D eigenvalue weighted by Gasteiger charge is 2.03. The van der Waals surface area contributed by atoms with E-state index in [9.17, 15) is 4.39 Å². The smallest absolute Gasteiger partial charge is 0.222 e. The number of nitrogens with zero attached hydrogens (tertiary/aromatic N) is 1. The van der Waals surface area contributed by atoms with Crippen molar-refractivity contribution in [1.29, 1.82) is 0 Å². The summed E-state index contributed by atoms with van der Waals surface area (Å²) in [7, 11) is 0. The van der Waals surface area contributed by atoms with Crippen molar-refractivity contribution >= 4 is 11.6 Å². The van der Waals surface area contributed by atoms with Crippen LogP contribution < -0.4 is 4.74 Å². The molecular formula is C12H9ClFNO. The summed E-state index contributed by atoms with van der Waals surface area (Å²) >= 11 is 5.77. The van der Waals surface area contributed by atoms with Crippen molar-refractivity contribution in [3.05, 3.63) is 52.9 Å². The molecule has 0 fully saturated rings. The van der Waals surface area contributed by atoms with Crippen LogP contribution in [0.15, 0.2) is 36.5 Å². The molecule has 4 heteroatoms. The van der Waals surface area contributed by atoms with Crippen LogP contribution in [0.3, 0.4) is 0 Å². The average molecular weight is 238 g/mol. The van der Waals surface area contributed by atoms with Crippen LogP contribution in [-0.4, -0.2) is 4.98 Å². The van der Waals surface area contributed by atoms with Gasteiger partial charge in [0.05, 0.1) is 5.02 Å². The number of hydrogen-bond donors (Lipinski definition) is 0. The van der Waals surface area contributed by atoms with Gasteiger partial charge in [-0.2, -0.15) is 0 Å². The minimum atomic E-state index is -0.298. The van der Waals surface area contributed by atoms with Gasteiger partial charge in [0.2, 0.25) is 5.88 Å². The number of aromatic nitrogens is 1. The number of aryl methyl sites for hydroxylation is 1. The van der Waals surface area contributed by atoms with Gasteiger partial charge in [0.1, 0.15) is 11.6 Å². The van der Waals surface area contributed by atoms with Crippen LogP contribution >= 0.6 is 11.6 Å². The molecule has 0 aliphatic heterocycles. The fourth-order valence-electron chi connectivity index (χ4n) is 1.25. The highest BCUT2D eigenvalue weighted by molar-refractivity contribution is 6.30. The zero-order valence-corrected chi connectivity index (χ0v) is 9.33. The highest BCUT2D eigenvalue weighted by atomic mass is 35.5. The van der Waals surface area contributed by atoms with E-state index in [0.29, 0.717) is 16.7 Å². The zero-order chi connectivity index (χ0) is 11.5. The number of rotatable bonds is 2. The molecule has 2 nitrogen and oxygen atoms in total. The molecule has 0 aliphatic rings. The van der Waals surface area contributed by atoms with Gasteiger partial charge in [0.15, 0.2) is 0 Å². The highest BCUT2D eigenvalue weighted by Crippen LogP contribution is 2.24. The Morgan fingerprint density at radius 1 is 1.25 bits per heavy atom. The van der Waals surface area contributed by atoms with E-state index in [0.717, 1.165) is 5.56 Å². The van der Waals surface area contributed by atoms with Crippen molar-refractivity contribution in [2.24, 2.45) is 0 Å². The lowest BCUT2D eigenvalue weighted by atomic mass is 10.3. The maximum absolute atomic E-state index is 12.7.